The van der Waals surface area contributed by atoms with Crippen molar-refractivity contribution in [2.75, 3.05) is 24.5 Å². The Hall–Kier alpha value is -2.17. The Morgan fingerprint density at radius 3 is 2.56 bits per heavy atom. The molecule has 1 heterocycles. The van der Waals surface area contributed by atoms with E-state index in [-0.39, 0.29) is 24.1 Å². The van der Waals surface area contributed by atoms with Crippen LogP contribution in [0.4, 0.5) is 5.69 Å². The Morgan fingerprint density at radius 1 is 1.11 bits per heavy atom. The first kappa shape index (κ1) is 21.1. The molecule has 1 aromatic rings. The Morgan fingerprint density at radius 2 is 1.89 bits per heavy atom. The minimum atomic E-state index is -0.0875. The van der Waals surface area contributed by atoms with Gasteiger partial charge in [0.05, 0.1) is 0 Å². The highest BCUT2D eigenvalue weighted by atomic mass is 16.2. The minimum Gasteiger partial charge on any atom is -0.332 e. The van der Waals surface area contributed by atoms with Crippen LogP contribution in [0.25, 0.3) is 0 Å². The van der Waals surface area contributed by atoms with Crippen LogP contribution in [0.2, 0.25) is 0 Å². The number of amides is 2. The molecule has 0 spiro atoms. The lowest BCUT2D eigenvalue weighted by Crippen LogP contribution is -2.52. The van der Waals surface area contributed by atoms with Crippen LogP contribution in [-0.2, 0) is 9.59 Å². The second-order valence-electron chi connectivity index (χ2n) is 7.68. The number of nitrogens with zero attached hydrogens (tertiary/aromatic N) is 2. The van der Waals surface area contributed by atoms with Gasteiger partial charge in [-0.05, 0) is 24.5 Å². The lowest BCUT2D eigenvalue weighted by Gasteiger charge is -2.34. The lowest BCUT2D eigenvalue weighted by atomic mass is 10.0. The fourth-order valence-electron chi connectivity index (χ4n) is 3.37. The highest BCUT2D eigenvalue weighted by Crippen LogP contribution is 2.20. The van der Waals surface area contributed by atoms with Crippen molar-refractivity contribution in [1.82, 2.24) is 4.90 Å². The molecule has 27 heavy (non-hydrogen) atoms. The third kappa shape index (κ3) is 6.19. The van der Waals surface area contributed by atoms with Gasteiger partial charge < -0.3 is 9.80 Å². The Kier molecular flexibility index (Phi) is 8.01. The van der Waals surface area contributed by atoms with Gasteiger partial charge in [0.2, 0.25) is 11.8 Å². The summed E-state index contributed by atoms with van der Waals surface area (Å²) in [5.41, 5.74) is 1.36. The fourth-order valence-corrected chi connectivity index (χ4v) is 3.37. The minimum absolute atomic E-state index is 0.0654. The number of unbranched alkanes of at least 4 members (excludes halogenated alkanes) is 2. The van der Waals surface area contributed by atoms with Crippen molar-refractivity contribution in [2.24, 2.45) is 5.92 Å². The quantitative estimate of drug-likeness (QED) is 0.485. The van der Waals surface area contributed by atoms with Crippen LogP contribution in [0.15, 0.2) is 24.3 Å². The molecule has 0 aromatic heterocycles. The molecule has 0 radical (unpaired) electrons. The summed E-state index contributed by atoms with van der Waals surface area (Å²) in [5.74, 6) is 0.756. The molecule has 0 bridgehead atoms. The van der Waals surface area contributed by atoms with Gasteiger partial charge in [-0.3, -0.25) is 14.4 Å². The van der Waals surface area contributed by atoms with Gasteiger partial charge in [0.1, 0.15) is 6.54 Å². The number of Topliss-reactive ketones (excluding diaryl/α,β-unsaturated/α-hetero) is 1. The summed E-state index contributed by atoms with van der Waals surface area (Å²) < 4.78 is 0. The molecule has 5 nitrogen and oxygen atoms in total. The van der Waals surface area contributed by atoms with Crippen molar-refractivity contribution >= 4 is 23.3 Å². The number of benzene rings is 1. The summed E-state index contributed by atoms with van der Waals surface area (Å²) in [6.45, 7) is 7.39. The average Bonchev–Trinajstić information content (AvgIpc) is 2.66. The molecule has 0 N–H and O–H groups in total. The molecule has 0 aliphatic carbocycles. The number of carbonyl (C=O) groups is 3. The standard InChI is InChI=1S/C22H32N2O3/c1-4-20(25)18-10-8-11-19(15-18)24-14-13-23(16-22(24)27)21(26)12-7-5-6-9-17(2)3/h8,10-11,15,17H,4-7,9,12-14,16H2,1-3H3. The summed E-state index contributed by atoms with van der Waals surface area (Å²) in [7, 11) is 0. The molecule has 1 aliphatic heterocycles. The SMILES string of the molecule is CCC(=O)c1cccc(N2CCN(C(=O)CCCCCC(C)C)CC2=O)c1. The monoisotopic (exact) mass is 372 g/mol. The number of hydrogen-bond acceptors (Lipinski definition) is 3. The molecule has 2 amide bonds. The summed E-state index contributed by atoms with van der Waals surface area (Å²) in [5, 5.41) is 0. The highest BCUT2D eigenvalue weighted by molar-refractivity contribution is 6.00. The van der Waals surface area contributed by atoms with E-state index in [1.807, 2.05) is 13.0 Å². The molecule has 0 saturated carbocycles. The normalized spacial score (nSPS) is 14.7. The molecule has 0 unspecified atom stereocenters. The highest BCUT2D eigenvalue weighted by Gasteiger charge is 2.27. The molecule has 5 heteroatoms. The summed E-state index contributed by atoms with van der Waals surface area (Å²) >= 11 is 0. The van der Waals surface area contributed by atoms with Crippen molar-refractivity contribution in [2.45, 2.75) is 59.3 Å². The predicted octanol–water partition coefficient (Wildman–Crippen LogP) is 4.06. The number of ketones is 1. The van der Waals surface area contributed by atoms with E-state index in [0.29, 0.717) is 37.4 Å². The van der Waals surface area contributed by atoms with Gasteiger partial charge in [-0.15, -0.1) is 0 Å². The first-order valence-electron chi connectivity index (χ1n) is 10.1. The van der Waals surface area contributed by atoms with E-state index in [1.165, 1.54) is 6.42 Å². The molecule has 0 atom stereocenters. The number of anilines is 1. The van der Waals surface area contributed by atoms with Gasteiger partial charge in [0.15, 0.2) is 5.78 Å². The Labute approximate surface area is 162 Å². The smallest absolute Gasteiger partial charge is 0.246 e. The average molecular weight is 373 g/mol. The Bertz CT molecular complexity index is 669. The molecule has 148 valence electrons. The van der Waals surface area contributed by atoms with Gasteiger partial charge in [-0.25, -0.2) is 0 Å². The predicted molar refractivity (Wildman–Crippen MR) is 108 cm³/mol. The third-order valence-electron chi connectivity index (χ3n) is 5.05. The molecule has 1 aliphatic rings. The van der Waals surface area contributed by atoms with Crippen LogP contribution < -0.4 is 4.90 Å². The van der Waals surface area contributed by atoms with E-state index in [4.69, 9.17) is 0 Å². The second kappa shape index (κ2) is 10.2. The Balaban J connectivity index is 1.86. The van der Waals surface area contributed by atoms with Crippen LogP contribution in [0.1, 0.15) is 69.7 Å². The van der Waals surface area contributed by atoms with Crippen molar-refractivity contribution < 1.29 is 14.4 Å². The van der Waals surface area contributed by atoms with Crippen molar-refractivity contribution in [1.29, 1.82) is 0 Å². The molecular formula is C22H32N2O3. The molecule has 1 aromatic carbocycles. The number of piperazine rings is 1. The molecular weight excluding hydrogens is 340 g/mol. The van der Waals surface area contributed by atoms with E-state index in [1.54, 1.807) is 28.0 Å². The lowest BCUT2D eigenvalue weighted by molar-refractivity contribution is -0.136. The van der Waals surface area contributed by atoms with Crippen LogP contribution >= 0.6 is 0 Å². The topological polar surface area (TPSA) is 57.7 Å². The summed E-state index contributed by atoms with van der Waals surface area (Å²) in [6, 6.07) is 7.20. The zero-order valence-electron chi connectivity index (χ0n) is 16.9. The van der Waals surface area contributed by atoms with Crippen LogP contribution in [0, 0.1) is 5.92 Å². The van der Waals surface area contributed by atoms with Gasteiger partial charge in [0, 0.05) is 37.2 Å². The van der Waals surface area contributed by atoms with E-state index in [9.17, 15) is 14.4 Å². The van der Waals surface area contributed by atoms with Gasteiger partial charge in [0.25, 0.3) is 0 Å². The van der Waals surface area contributed by atoms with Gasteiger partial charge >= 0.3 is 0 Å². The maximum atomic E-state index is 12.6. The largest absolute Gasteiger partial charge is 0.332 e. The summed E-state index contributed by atoms with van der Waals surface area (Å²) in [4.78, 5) is 40.2. The van der Waals surface area contributed by atoms with Gasteiger partial charge in [-0.1, -0.05) is 52.2 Å². The number of carbonyl (C=O) groups excluding carboxylic acids is 3. The van der Waals surface area contributed by atoms with Crippen molar-refractivity contribution in [3.05, 3.63) is 29.8 Å². The van der Waals surface area contributed by atoms with E-state index in [2.05, 4.69) is 13.8 Å². The first-order chi connectivity index (χ1) is 12.9. The number of rotatable bonds is 9. The molecule has 2 rings (SSSR count). The van der Waals surface area contributed by atoms with Crippen LogP contribution in [0.3, 0.4) is 0 Å². The second-order valence-corrected chi connectivity index (χ2v) is 7.68. The summed E-state index contributed by atoms with van der Waals surface area (Å²) in [6.07, 6.45) is 5.27. The maximum absolute atomic E-state index is 12.6. The van der Waals surface area contributed by atoms with Crippen molar-refractivity contribution in [3.8, 4) is 0 Å². The van der Waals surface area contributed by atoms with E-state index < -0.39 is 0 Å². The number of hydrogen-bond donors (Lipinski definition) is 0. The molecule has 1 fully saturated rings. The first-order valence-corrected chi connectivity index (χ1v) is 10.1. The van der Waals surface area contributed by atoms with E-state index >= 15 is 0 Å². The molecule has 1 saturated heterocycles. The fraction of sp³-hybridized carbons (Fsp3) is 0.591. The van der Waals surface area contributed by atoms with Crippen LogP contribution in [-0.4, -0.2) is 42.1 Å². The van der Waals surface area contributed by atoms with Crippen LogP contribution in [0.5, 0.6) is 0 Å². The van der Waals surface area contributed by atoms with E-state index in [0.717, 1.165) is 24.9 Å². The van der Waals surface area contributed by atoms with Crippen molar-refractivity contribution in [3.63, 3.8) is 0 Å². The zero-order valence-corrected chi connectivity index (χ0v) is 16.9. The van der Waals surface area contributed by atoms with Gasteiger partial charge in [-0.2, -0.15) is 0 Å². The zero-order chi connectivity index (χ0) is 19.8. The maximum Gasteiger partial charge on any atom is 0.246 e. The third-order valence-corrected chi connectivity index (χ3v) is 5.05.